The first-order chi connectivity index (χ1) is 15.4. The van der Waals surface area contributed by atoms with Crippen LogP contribution in [0.3, 0.4) is 0 Å². The Labute approximate surface area is 196 Å². The quantitative estimate of drug-likeness (QED) is 0.591. The van der Waals surface area contributed by atoms with E-state index in [2.05, 4.69) is 21.8 Å². The highest BCUT2D eigenvalue weighted by Crippen LogP contribution is 2.31. The van der Waals surface area contributed by atoms with E-state index in [1.165, 1.54) is 17.4 Å². The number of piperazine rings is 1. The second-order valence-electron chi connectivity index (χ2n) is 7.97. The average Bonchev–Trinajstić information content (AvgIpc) is 3.23. The summed E-state index contributed by atoms with van der Waals surface area (Å²) in [5.41, 5.74) is 4.90. The maximum atomic E-state index is 13.1. The Balaban J connectivity index is 1.86. The number of likely N-dealkylation sites (N-methyl/N-ethyl adjacent to an activating group) is 1. The maximum absolute atomic E-state index is 13.1. The summed E-state index contributed by atoms with van der Waals surface area (Å²) in [4.78, 5) is 10.3. The van der Waals surface area contributed by atoms with Gasteiger partial charge in [-0.25, -0.2) is 8.42 Å². The fourth-order valence-electron chi connectivity index (χ4n) is 3.32. The van der Waals surface area contributed by atoms with Crippen molar-refractivity contribution >= 4 is 26.9 Å². The van der Waals surface area contributed by atoms with Crippen LogP contribution in [0.25, 0.3) is 10.4 Å². The molecule has 2 N–H and O–H groups in total. The molecule has 11 heteroatoms. The third-order valence-electron chi connectivity index (χ3n) is 5.32. The van der Waals surface area contributed by atoms with Gasteiger partial charge >= 0.3 is 6.18 Å². The Morgan fingerprint density at radius 1 is 1.18 bits per heavy atom. The Kier molecular flexibility index (Phi) is 7.99. The average molecular weight is 501 g/mol. The van der Waals surface area contributed by atoms with E-state index in [1.54, 1.807) is 30.3 Å². The largest absolute Gasteiger partial charge is 0.430 e. The van der Waals surface area contributed by atoms with Crippen LogP contribution in [0.4, 0.5) is 13.2 Å². The van der Waals surface area contributed by atoms with Gasteiger partial charge in [-0.2, -0.15) is 13.2 Å². The Bertz CT molecular complexity index is 1130. The highest BCUT2D eigenvalue weighted by molar-refractivity contribution is 7.90. The van der Waals surface area contributed by atoms with Gasteiger partial charge < -0.3 is 10.6 Å². The summed E-state index contributed by atoms with van der Waals surface area (Å²) >= 11 is 1.24. The summed E-state index contributed by atoms with van der Waals surface area (Å²) in [5, 5.41) is 0. The van der Waals surface area contributed by atoms with Gasteiger partial charge in [0.1, 0.15) is 5.70 Å². The molecule has 2 aromatic rings. The van der Waals surface area contributed by atoms with Crippen molar-refractivity contribution in [2.24, 2.45) is 10.7 Å². The molecule has 0 spiro atoms. The van der Waals surface area contributed by atoms with Crippen LogP contribution in [0.5, 0.6) is 0 Å². The summed E-state index contributed by atoms with van der Waals surface area (Å²) < 4.78 is 63.0. The van der Waals surface area contributed by atoms with Crippen LogP contribution in [0.1, 0.15) is 4.88 Å². The highest BCUT2D eigenvalue weighted by atomic mass is 32.2. The zero-order valence-electron chi connectivity index (χ0n) is 18.5. The molecule has 33 heavy (non-hydrogen) atoms. The van der Waals surface area contributed by atoms with Gasteiger partial charge in [-0.1, -0.05) is 12.1 Å². The number of alkyl halides is 3. The van der Waals surface area contributed by atoms with Gasteiger partial charge in [0.05, 0.1) is 22.0 Å². The predicted molar refractivity (Wildman–Crippen MR) is 127 cm³/mol. The first kappa shape index (κ1) is 25.4. The molecule has 2 heterocycles. The van der Waals surface area contributed by atoms with Gasteiger partial charge in [-0.3, -0.25) is 9.89 Å². The molecule has 0 unspecified atom stereocenters. The lowest BCUT2D eigenvalue weighted by Gasteiger charge is -2.31. The molecule has 1 aromatic carbocycles. The van der Waals surface area contributed by atoms with E-state index in [9.17, 15) is 21.6 Å². The summed E-state index contributed by atoms with van der Waals surface area (Å²) in [6, 6.07) is 9.88. The second-order valence-corrected chi connectivity index (χ2v) is 11.1. The summed E-state index contributed by atoms with van der Waals surface area (Å²) in [6.45, 7) is 4.66. The van der Waals surface area contributed by atoms with Crippen LogP contribution in [0.2, 0.25) is 0 Å². The third-order valence-corrected chi connectivity index (χ3v) is 7.59. The van der Waals surface area contributed by atoms with E-state index in [0.717, 1.165) is 43.4 Å². The number of nitrogens with two attached hydrogens (primary N) is 1. The van der Waals surface area contributed by atoms with Crippen molar-refractivity contribution in [2.75, 3.05) is 52.6 Å². The smallest absolute Gasteiger partial charge is 0.395 e. The first-order valence-electron chi connectivity index (χ1n) is 10.3. The van der Waals surface area contributed by atoms with E-state index in [0.29, 0.717) is 23.5 Å². The second kappa shape index (κ2) is 10.4. The van der Waals surface area contributed by atoms with E-state index >= 15 is 0 Å². The van der Waals surface area contributed by atoms with Crippen LogP contribution in [0, 0.1) is 0 Å². The number of rotatable bonds is 7. The Morgan fingerprint density at radius 3 is 2.52 bits per heavy atom. The molecule has 1 fully saturated rings. The molecule has 0 aliphatic carbocycles. The SMILES string of the molecule is CN1CCN(CCN=C(/C=C(\N)C(F)(F)F)c2ccc(-c3cccc(S(C)(=O)=O)c3)s2)CC1. The Hall–Kier alpha value is -2.21. The lowest BCUT2D eigenvalue weighted by atomic mass is 10.2. The van der Waals surface area contributed by atoms with Crippen molar-refractivity contribution < 1.29 is 21.6 Å². The molecule has 180 valence electrons. The zero-order valence-corrected chi connectivity index (χ0v) is 20.1. The number of nitrogens with zero attached hydrogens (tertiary/aromatic N) is 3. The molecule has 0 saturated carbocycles. The summed E-state index contributed by atoms with van der Waals surface area (Å²) in [5.74, 6) is 0. The van der Waals surface area contributed by atoms with Crippen LogP contribution < -0.4 is 5.73 Å². The predicted octanol–water partition coefficient (Wildman–Crippen LogP) is 3.26. The number of halogens is 3. The lowest BCUT2D eigenvalue weighted by molar-refractivity contribution is -0.0925. The lowest BCUT2D eigenvalue weighted by Crippen LogP contribution is -2.45. The maximum Gasteiger partial charge on any atom is 0.430 e. The van der Waals surface area contributed by atoms with Crippen molar-refractivity contribution in [3.05, 3.63) is 53.0 Å². The number of sulfone groups is 1. The molecule has 0 amide bonds. The number of aliphatic imine (C=N–C) groups is 1. The first-order valence-corrected chi connectivity index (χ1v) is 13.0. The number of thiophene rings is 1. The number of allylic oxidation sites excluding steroid dienone is 2. The molecule has 0 atom stereocenters. The number of hydrogen-bond donors (Lipinski definition) is 1. The van der Waals surface area contributed by atoms with Crippen LogP contribution in [0.15, 0.2) is 58.1 Å². The van der Waals surface area contributed by atoms with Gasteiger partial charge in [-0.05, 0) is 43.0 Å². The molecule has 1 aliphatic heterocycles. The molecule has 3 rings (SSSR count). The summed E-state index contributed by atoms with van der Waals surface area (Å²) in [6.07, 6.45) is -2.66. The molecule has 1 saturated heterocycles. The fraction of sp³-hybridized carbons (Fsp3) is 0.409. The van der Waals surface area contributed by atoms with Crippen LogP contribution in [-0.2, 0) is 9.84 Å². The van der Waals surface area contributed by atoms with Gasteiger partial charge in [0, 0.05) is 43.9 Å². The standard InChI is InChI=1S/C22H27F3N4O2S2/c1-28-10-12-29(13-11-28)9-8-27-18(15-21(26)22(23,24)25)20-7-6-19(32-20)16-4-3-5-17(14-16)33(2,30)31/h3-7,14-15H,8-13,26H2,1-2H3/b21-15-,27-18?. The number of hydrogen-bond acceptors (Lipinski definition) is 7. The topological polar surface area (TPSA) is 79.0 Å². The molecular formula is C22H27F3N4O2S2. The normalized spacial score (nSPS) is 17.5. The summed E-state index contributed by atoms with van der Waals surface area (Å²) in [7, 11) is -1.33. The van der Waals surface area contributed by atoms with E-state index in [4.69, 9.17) is 5.73 Å². The fourth-order valence-corrected chi connectivity index (χ4v) is 4.97. The third kappa shape index (κ3) is 7.13. The van der Waals surface area contributed by atoms with E-state index in [-0.39, 0.29) is 10.6 Å². The minimum atomic E-state index is -4.65. The van der Waals surface area contributed by atoms with Crippen molar-refractivity contribution in [1.29, 1.82) is 0 Å². The molecule has 1 aromatic heterocycles. The molecule has 1 aliphatic rings. The van der Waals surface area contributed by atoms with Crippen molar-refractivity contribution in [3.63, 3.8) is 0 Å². The molecule has 6 nitrogen and oxygen atoms in total. The molecule has 0 bridgehead atoms. The highest BCUT2D eigenvalue weighted by Gasteiger charge is 2.32. The van der Waals surface area contributed by atoms with Crippen molar-refractivity contribution in [2.45, 2.75) is 11.1 Å². The van der Waals surface area contributed by atoms with Gasteiger partial charge in [0.2, 0.25) is 0 Å². The number of benzene rings is 1. The minimum Gasteiger partial charge on any atom is -0.395 e. The Morgan fingerprint density at radius 2 is 1.88 bits per heavy atom. The van der Waals surface area contributed by atoms with Gasteiger partial charge in [-0.15, -0.1) is 11.3 Å². The van der Waals surface area contributed by atoms with Crippen LogP contribution in [-0.4, -0.2) is 82.7 Å². The van der Waals surface area contributed by atoms with Crippen LogP contribution >= 0.6 is 11.3 Å². The van der Waals surface area contributed by atoms with Gasteiger partial charge in [0.15, 0.2) is 9.84 Å². The minimum absolute atomic E-state index is 0.162. The van der Waals surface area contributed by atoms with Gasteiger partial charge in [0.25, 0.3) is 0 Å². The van der Waals surface area contributed by atoms with Crippen molar-refractivity contribution in [3.8, 4) is 10.4 Å². The van der Waals surface area contributed by atoms with Crippen molar-refractivity contribution in [1.82, 2.24) is 9.80 Å². The van der Waals surface area contributed by atoms with E-state index < -0.39 is 21.7 Å². The molecular weight excluding hydrogens is 473 g/mol. The molecule has 0 radical (unpaired) electrons. The zero-order chi connectivity index (χ0) is 24.2. The van der Waals surface area contributed by atoms with E-state index in [1.807, 2.05) is 0 Å². The monoisotopic (exact) mass is 500 g/mol.